The number of nitrogens with one attached hydrogen (secondary N) is 1. The number of carbonyl (C=O) groups excluding carboxylic acids is 1. The molecule has 1 aliphatic rings. The summed E-state index contributed by atoms with van der Waals surface area (Å²) < 4.78 is 29.4. The standard InChI is InChI=1S/C10H20N2O4S/c1-3-9-8-12(6-7-16-9)10(13)4-5-11-17(2,14)15/h9,11H,3-8H2,1-2H3/t9-/m0/s1. The Kier molecular flexibility index (Phi) is 5.35. The predicted molar refractivity (Wildman–Crippen MR) is 64.1 cm³/mol. The summed E-state index contributed by atoms with van der Waals surface area (Å²) in [5.74, 6) is -0.0251. The largest absolute Gasteiger partial charge is 0.375 e. The van der Waals surface area contributed by atoms with Crippen molar-refractivity contribution in [3.8, 4) is 0 Å². The summed E-state index contributed by atoms with van der Waals surface area (Å²) in [6, 6.07) is 0. The highest BCUT2D eigenvalue weighted by Gasteiger charge is 2.22. The lowest BCUT2D eigenvalue weighted by atomic mass is 10.2. The molecule has 1 rings (SSSR count). The highest BCUT2D eigenvalue weighted by Crippen LogP contribution is 2.09. The zero-order chi connectivity index (χ0) is 12.9. The molecule has 100 valence electrons. The Bertz CT molecular complexity index is 355. The highest BCUT2D eigenvalue weighted by molar-refractivity contribution is 7.88. The summed E-state index contributed by atoms with van der Waals surface area (Å²) in [5, 5.41) is 0. The van der Waals surface area contributed by atoms with Gasteiger partial charge in [-0.1, -0.05) is 6.92 Å². The molecule has 1 N–H and O–H groups in total. The van der Waals surface area contributed by atoms with E-state index in [4.69, 9.17) is 4.74 Å². The van der Waals surface area contributed by atoms with Crippen molar-refractivity contribution in [2.45, 2.75) is 25.9 Å². The van der Waals surface area contributed by atoms with Gasteiger partial charge in [-0.2, -0.15) is 0 Å². The van der Waals surface area contributed by atoms with Crippen molar-refractivity contribution < 1.29 is 17.9 Å². The fourth-order valence-corrected chi connectivity index (χ4v) is 2.17. The molecule has 1 amide bonds. The normalized spacial score (nSPS) is 21.5. The number of hydrogen-bond donors (Lipinski definition) is 1. The smallest absolute Gasteiger partial charge is 0.224 e. The summed E-state index contributed by atoms with van der Waals surface area (Å²) in [6.45, 7) is 3.93. The van der Waals surface area contributed by atoms with Crippen LogP contribution >= 0.6 is 0 Å². The molecule has 1 aliphatic heterocycles. The number of amides is 1. The van der Waals surface area contributed by atoms with Crippen LogP contribution in [-0.4, -0.2) is 57.8 Å². The van der Waals surface area contributed by atoms with Crippen LogP contribution in [0.4, 0.5) is 0 Å². The van der Waals surface area contributed by atoms with Gasteiger partial charge in [0, 0.05) is 26.1 Å². The molecule has 0 radical (unpaired) electrons. The van der Waals surface area contributed by atoms with Gasteiger partial charge in [0.25, 0.3) is 0 Å². The van der Waals surface area contributed by atoms with E-state index in [2.05, 4.69) is 4.72 Å². The van der Waals surface area contributed by atoms with Crippen LogP contribution in [0.1, 0.15) is 19.8 Å². The topological polar surface area (TPSA) is 75.7 Å². The third-order valence-electron chi connectivity index (χ3n) is 2.65. The number of rotatable bonds is 5. The molecule has 17 heavy (non-hydrogen) atoms. The molecule has 0 bridgehead atoms. The number of ether oxygens (including phenoxy) is 1. The molecule has 0 aliphatic carbocycles. The Labute approximate surface area is 102 Å². The van der Waals surface area contributed by atoms with E-state index in [1.165, 1.54) is 0 Å². The van der Waals surface area contributed by atoms with E-state index in [1.807, 2.05) is 6.92 Å². The monoisotopic (exact) mass is 264 g/mol. The summed E-state index contributed by atoms with van der Waals surface area (Å²) in [5.41, 5.74) is 0. The van der Waals surface area contributed by atoms with E-state index in [0.29, 0.717) is 19.7 Å². The summed E-state index contributed by atoms with van der Waals surface area (Å²) >= 11 is 0. The Balaban J connectivity index is 2.32. The second kappa shape index (κ2) is 6.32. The lowest BCUT2D eigenvalue weighted by molar-refractivity contribution is -0.138. The van der Waals surface area contributed by atoms with Crippen molar-refractivity contribution in [1.82, 2.24) is 9.62 Å². The quantitative estimate of drug-likeness (QED) is 0.730. The van der Waals surface area contributed by atoms with Gasteiger partial charge in [0.2, 0.25) is 15.9 Å². The van der Waals surface area contributed by atoms with E-state index in [-0.39, 0.29) is 25.0 Å². The first-order chi connectivity index (χ1) is 7.92. The van der Waals surface area contributed by atoms with Gasteiger partial charge in [-0.15, -0.1) is 0 Å². The van der Waals surface area contributed by atoms with Crippen LogP contribution in [0.2, 0.25) is 0 Å². The van der Waals surface area contributed by atoms with Crippen LogP contribution in [0.15, 0.2) is 0 Å². The van der Waals surface area contributed by atoms with Crippen LogP contribution < -0.4 is 4.72 Å². The molecule has 1 saturated heterocycles. The van der Waals surface area contributed by atoms with Crippen molar-refractivity contribution in [1.29, 1.82) is 0 Å². The van der Waals surface area contributed by atoms with Crippen molar-refractivity contribution in [3.63, 3.8) is 0 Å². The first kappa shape index (κ1) is 14.4. The summed E-state index contributed by atoms with van der Waals surface area (Å²) in [4.78, 5) is 13.5. The molecule has 0 spiro atoms. The third-order valence-corrected chi connectivity index (χ3v) is 3.38. The van der Waals surface area contributed by atoms with Crippen molar-refractivity contribution in [3.05, 3.63) is 0 Å². The fourth-order valence-electron chi connectivity index (χ4n) is 1.69. The fraction of sp³-hybridized carbons (Fsp3) is 0.900. The van der Waals surface area contributed by atoms with Crippen molar-refractivity contribution >= 4 is 15.9 Å². The lowest BCUT2D eigenvalue weighted by Crippen LogP contribution is -2.46. The van der Waals surface area contributed by atoms with Crippen LogP contribution in [0.5, 0.6) is 0 Å². The Morgan fingerprint density at radius 1 is 1.53 bits per heavy atom. The first-order valence-corrected chi connectivity index (χ1v) is 7.65. The molecule has 7 heteroatoms. The van der Waals surface area contributed by atoms with Crippen molar-refractivity contribution in [2.75, 3.05) is 32.5 Å². The molecule has 0 aromatic heterocycles. The minimum absolute atomic E-state index is 0.0251. The first-order valence-electron chi connectivity index (χ1n) is 5.76. The van der Waals surface area contributed by atoms with Crippen molar-refractivity contribution in [2.24, 2.45) is 0 Å². The molecule has 1 heterocycles. The van der Waals surface area contributed by atoms with Crippen LogP contribution in [0.3, 0.4) is 0 Å². The van der Waals surface area contributed by atoms with Crippen LogP contribution in [-0.2, 0) is 19.6 Å². The molecular formula is C10H20N2O4S. The van der Waals surface area contributed by atoms with Gasteiger partial charge in [0.1, 0.15) is 0 Å². The van der Waals surface area contributed by atoms with Gasteiger partial charge < -0.3 is 9.64 Å². The molecule has 1 fully saturated rings. The molecular weight excluding hydrogens is 244 g/mol. The van der Waals surface area contributed by atoms with Gasteiger partial charge in [-0.05, 0) is 6.42 Å². The average molecular weight is 264 g/mol. The van der Waals surface area contributed by atoms with Gasteiger partial charge in [0.15, 0.2) is 0 Å². The molecule has 0 aromatic carbocycles. The second-order valence-electron chi connectivity index (χ2n) is 4.16. The van der Waals surface area contributed by atoms with E-state index in [0.717, 1.165) is 12.7 Å². The maximum absolute atomic E-state index is 11.8. The lowest BCUT2D eigenvalue weighted by Gasteiger charge is -2.32. The minimum atomic E-state index is -3.21. The van der Waals surface area contributed by atoms with Gasteiger partial charge in [0.05, 0.1) is 19.0 Å². The summed E-state index contributed by atoms with van der Waals surface area (Å²) in [7, 11) is -3.21. The molecule has 1 atom stereocenters. The average Bonchev–Trinajstić information content (AvgIpc) is 2.27. The van der Waals surface area contributed by atoms with Gasteiger partial charge in [-0.25, -0.2) is 13.1 Å². The molecule has 0 unspecified atom stereocenters. The maximum Gasteiger partial charge on any atom is 0.224 e. The number of carbonyl (C=O) groups is 1. The zero-order valence-electron chi connectivity index (χ0n) is 10.3. The van der Waals surface area contributed by atoms with Crippen LogP contribution in [0.25, 0.3) is 0 Å². The summed E-state index contributed by atoms with van der Waals surface area (Å²) in [6.07, 6.45) is 2.27. The Morgan fingerprint density at radius 2 is 2.24 bits per heavy atom. The third kappa shape index (κ3) is 5.47. The van der Waals surface area contributed by atoms with Gasteiger partial charge in [-0.3, -0.25) is 4.79 Å². The Hall–Kier alpha value is -0.660. The second-order valence-corrected chi connectivity index (χ2v) is 5.99. The minimum Gasteiger partial charge on any atom is -0.375 e. The van der Waals surface area contributed by atoms with E-state index >= 15 is 0 Å². The maximum atomic E-state index is 11.8. The van der Waals surface area contributed by atoms with E-state index in [1.54, 1.807) is 4.90 Å². The van der Waals surface area contributed by atoms with Crippen LogP contribution in [0, 0.1) is 0 Å². The SMILES string of the molecule is CC[C@H]1CN(C(=O)CCNS(C)(=O)=O)CCO1. The molecule has 0 saturated carbocycles. The Morgan fingerprint density at radius 3 is 2.82 bits per heavy atom. The molecule has 6 nitrogen and oxygen atoms in total. The zero-order valence-corrected chi connectivity index (χ0v) is 11.1. The number of morpholine rings is 1. The van der Waals surface area contributed by atoms with E-state index in [9.17, 15) is 13.2 Å². The molecule has 0 aromatic rings. The van der Waals surface area contributed by atoms with E-state index < -0.39 is 10.0 Å². The predicted octanol–water partition coefficient (Wildman–Crippen LogP) is -0.437. The number of hydrogen-bond acceptors (Lipinski definition) is 4. The number of nitrogens with zero attached hydrogens (tertiary/aromatic N) is 1. The number of sulfonamides is 1. The highest BCUT2D eigenvalue weighted by atomic mass is 32.2. The van der Waals surface area contributed by atoms with Gasteiger partial charge >= 0.3 is 0 Å².